The number of aryl methyl sites for hydroxylation is 1. The topological polar surface area (TPSA) is 87.5 Å². The summed E-state index contributed by atoms with van der Waals surface area (Å²) in [5.74, 6) is 1.51. The van der Waals surface area contributed by atoms with E-state index in [1.807, 2.05) is 24.1 Å². The van der Waals surface area contributed by atoms with Crippen molar-refractivity contribution in [2.75, 3.05) is 19.6 Å². The van der Waals surface area contributed by atoms with Crippen molar-refractivity contribution in [3.63, 3.8) is 0 Å². The van der Waals surface area contributed by atoms with E-state index in [2.05, 4.69) is 56.4 Å². The van der Waals surface area contributed by atoms with Crippen molar-refractivity contribution in [3.05, 3.63) is 59.7 Å². The Morgan fingerprint density at radius 1 is 1.17 bits per heavy atom. The van der Waals surface area contributed by atoms with Crippen LogP contribution in [0.2, 0.25) is 0 Å². The van der Waals surface area contributed by atoms with Crippen molar-refractivity contribution in [3.8, 4) is 0 Å². The van der Waals surface area contributed by atoms with Crippen LogP contribution in [0.15, 0.2) is 42.6 Å². The van der Waals surface area contributed by atoms with Gasteiger partial charge in [-0.05, 0) is 37.3 Å². The highest BCUT2D eigenvalue weighted by molar-refractivity contribution is 5.91. The number of rotatable bonds is 3. The molecule has 3 aromatic rings. The Morgan fingerprint density at radius 3 is 2.90 bits per heavy atom. The lowest BCUT2D eigenvalue weighted by molar-refractivity contribution is 0.0631. The fraction of sp³-hybridized carbons (Fsp3) is 0.429. The van der Waals surface area contributed by atoms with E-state index in [0.29, 0.717) is 29.5 Å². The maximum Gasteiger partial charge on any atom is 0.292 e. The second kappa shape index (κ2) is 7.53. The molecule has 8 heteroatoms. The van der Waals surface area contributed by atoms with Crippen LogP contribution in [-0.4, -0.2) is 56.1 Å². The molecule has 2 aliphatic heterocycles. The minimum atomic E-state index is -0.0740. The van der Waals surface area contributed by atoms with Crippen LogP contribution in [0.5, 0.6) is 0 Å². The molecule has 2 N–H and O–H groups in total. The van der Waals surface area contributed by atoms with Crippen molar-refractivity contribution in [2.45, 2.75) is 31.7 Å². The summed E-state index contributed by atoms with van der Waals surface area (Å²) in [5.41, 5.74) is 9.00. The first-order valence-corrected chi connectivity index (χ1v) is 10.2. The molecule has 0 saturated carbocycles. The van der Waals surface area contributed by atoms with Gasteiger partial charge in [-0.3, -0.25) is 20.0 Å². The first kappa shape index (κ1) is 18.2. The monoisotopic (exact) mass is 391 g/mol. The Hall–Kier alpha value is -2.84. The molecule has 0 radical (unpaired) electrons. The Labute approximate surface area is 169 Å². The average Bonchev–Trinajstić information content (AvgIpc) is 3.41. The molecule has 3 atom stereocenters. The van der Waals surface area contributed by atoms with Crippen LogP contribution >= 0.6 is 0 Å². The van der Waals surface area contributed by atoms with Gasteiger partial charge in [0.15, 0.2) is 0 Å². The van der Waals surface area contributed by atoms with Crippen molar-refractivity contribution < 1.29 is 4.79 Å². The van der Waals surface area contributed by atoms with Gasteiger partial charge in [0.25, 0.3) is 11.7 Å². The van der Waals surface area contributed by atoms with Gasteiger partial charge in [-0.25, -0.2) is 4.98 Å². The highest BCUT2D eigenvalue weighted by Crippen LogP contribution is 2.31. The summed E-state index contributed by atoms with van der Waals surface area (Å²) >= 11 is 0. The van der Waals surface area contributed by atoms with Crippen LogP contribution in [0.1, 0.15) is 40.6 Å². The number of likely N-dealkylation sites (tertiary alicyclic amines) is 1. The number of hydrogen-bond donors (Lipinski definition) is 2. The standard InChI is InChI=1S/C21H25N7O/c1-14-9-11-28-19(25-26-21(28)23-14)20(29)27-10-5-8-16(13-27)18-17(12-22-24-18)15-6-3-2-4-7-15/h2-4,6-7,9,11,16-18,22,24H,5,8,10,12-13H2,1H3. The first-order valence-electron chi connectivity index (χ1n) is 10.2. The minimum Gasteiger partial charge on any atom is -0.336 e. The van der Waals surface area contributed by atoms with Crippen molar-refractivity contribution in [1.29, 1.82) is 0 Å². The lowest BCUT2D eigenvalue weighted by Gasteiger charge is -2.37. The van der Waals surface area contributed by atoms with Gasteiger partial charge in [0.05, 0.1) is 0 Å². The molecular weight excluding hydrogens is 366 g/mol. The van der Waals surface area contributed by atoms with Gasteiger partial charge in [-0.15, -0.1) is 10.2 Å². The first-order chi connectivity index (χ1) is 14.2. The second-order valence-corrected chi connectivity index (χ2v) is 7.98. The van der Waals surface area contributed by atoms with Gasteiger partial charge in [0, 0.05) is 43.5 Å². The number of hydrogen-bond acceptors (Lipinski definition) is 6. The number of nitrogens with one attached hydrogen (secondary N) is 2. The fourth-order valence-corrected chi connectivity index (χ4v) is 4.63. The smallest absolute Gasteiger partial charge is 0.292 e. The van der Waals surface area contributed by atoms with E-state index >= 15 is 0 Å². The summed E-state index contributed by atoms with van der Waals surface area (Å²) in [6, 6.07) is 12.8. The van der Waals surface area contributed by atoms with Gasteiger partial charge < -0.3 is 4.90 Å². The van der Waals surface area contributed by atoms with E-state index in [1.165, 1.54) is 5.56 Å². The largest absolute Gasteiger partial charge is 0.336 e. The number of nitrogens with zero attached hydrogens (tertiary/aromatic N) is 5. The summed E-state index contributed by atoms with van der Waals surface area (Å²) in [6.45, 7) is 4.27. The van der Waals surface area contributed by atoms with Crippen LogP contribution in [0.4, 0.5) is 0 Å². The summed E-state index contributed by atoms with van der Waals surface area (Å²) in [5, 5.41) is 8.20. The molecule has 3 unspecified atom stereocenters. The van der Waals surface area contributed by atoms with E-state index in [-0.39, 0.29) is 5.91 Å². The summed E-state index contributed by atoms with van der Waals surface area (Å²) in [7, 11) is 0. The Bertz CT molecular complexity index is 1020. The Morgan fingerprint density at radius 2 is 2.03 bits per heavy atom. The molecule has 1 amide bonds. The van der Waals surface area contributed by atoms with Crippen molar-refractivity contribution in [2.24, 2.45) is 5.92 Å². The van der Waals surface area contributed by atoms with Gasteiger partial charge in [0.2, 0.25) is 5.82 Å². The van der Waals surface area contributed by atoms with Gasteiger partial charge in [-0.1, -0.05) is 30.3 Å². The van der Waals surface area contributed by atoms with Crippen LogP contribution in [-0.2, 0) is 0 Å². The third-order valence-electron chi connectivity index (χ3n) is 6.12. The Balaban J connectivity index is 1.35. The molecule has 2 aliphatic rings. The zero-order chi connectivity index (χ0) is 19.8. The number of carbonyl (C=O) groups is 1. The molecule has 29 heavy (non-hydrogen) atoms. The molecular formula is C21H25N7O. The average molecular weight is 391 g/mol. The van der Waals surface area contributed by atoms with Crippen LogP contribution in [0, 0.1) is 12.8 Å². The van der Waals surface area contributed by atoms with E-state index in [1.54, 1.807) is 4.40 Å². The SMILES string of the molecule is Cc1ccn2c(C(=O)N3CCCC(C4NNCC4c4ccccc4)C3)nnc2n1. The summed E-state index contributed by atoms with van der Waals surface area (Å²) in [4.78, 5) is 19.5. The van der Waals surface area contributed by atoms with Gasteiger partial charge in [-0.2, -0.15) is 0 Å². The molecule has 2 fully saturated rings. The lowest BCUT2D eigenvalue weighted by atomic mass is 9.81. The lowest BCUT2D eigenvalue weighted by Crippen LogP contribution is -2.48. The normalized spacial score (nSPS) is 24.9. The van der Waals surface area contributed by atoms with Crippen LogP contribution in [0.3, 0.4) is 0 Å². The third-order valence-corrected chi connectivity index (χ3v) is 6.12. The molecule has 2 aromatic heterocycles. The molecule has 0 aliphatic carbocycles. The zero-order valence-electron chi connectivity index (χ0n) is 16.5. The molecule has 4 heterocycles. The number of aromatic nitrogens is 4. The van der Waals surface area contributed by atoms with Crippen LogP contribution in [0.25, 0.3) is 5.78 Å². The van der Waals surface area contributed by atoms with Crippen molar-refractivity contribution >= 4 is 11.7 Å². The van der Waals surface area contributed by atoms with Crippen molar-refractivity contribution in [1.82, 2.24) is 35.3 Å². The molecule has 5 rings (SSSR count). The van der Waals surface area contributed by atoms with Gasteiger partial charge >= 0.3 is 0 Å². The zero-order valence-corrected chi connectivity index (χ0v) is 16.5. The molecule has 0 spiro atoms. The van der Waals surface area contributed by atoms with E-state index in [4.69, 9.17) is 0 Å². The Kier molecular flexibility index (Phi) is 4.73. The number of fused-ring (bicyclic) bond motifs is 1. The van der Waals surface area contributed by atoms with E-state index in [9.17, 15) is 4.79 Å². The number of hydrazine groups is 1. The predicted octanol–water partition coefficient (Wildman–Crippen LogP) is 1.55. The maximum absolute atomic E-state index is 13.2. The minimum absolute atomic E-state index is 0.0740. The number of amides is 1. The second-order valence-electron chi connectivity index (χ2n) is 7.98. The van der Waals surface area contributed by atoms with E-state index < -0.39 is 0 Å². The quantitative estimate of drug-likeness (QED) is 0.704. The number of carbonyl (C=O) groups excluding carboxylic acids is 1. The highest BCUT2D eigenvalue weighted by atomic mass is 16.2. The molecule has 0 bridgehead atoms. The molecule has 2 saturated heterocycles. The van der Waals surface area contributed by atoms with Gasteiger partial charge in [0.1, 0.15) is 0 Å². The summed E-state index contributed by atoms with van der Waals surface area (Å²) < 4.78 is 1.68. The van der Waals surface area contributed by atoms with E-state index in [0.717, 1.165) is 38.2 Å². The highest BCUT2D eigenvalue weighted by Gasteiger charge is 2.38. The predicted molar refractivity (Wildman–Crippen MR) is 108 cm³/mol. The fourth-order valence-electron chi connectivity index (χ4n) is 4.63. The van der Waals surface area contributed by atoms with Crippen LogP contribution < -0.4 is 10.9 Å². The molecule has 8 nitrogen and oxygen atoms in total. The molecule has 1 aromatic carbocycles. The number of benzene rings is 1. The maximum atomic E-state index is 13.2. The summed E-state index contributed by atoms with van der Waals surface area (Å²) in [6.07, 6.45) is 3.91. The molecule has 150 valence electrons. The third kappa shape index (κ3) is 3.38. The number of piperidine rings is 1.